The van der Waals surface area contributed by atoms with Crippen LogP contribution in [0.4, 0.5) is 0 Å². The molecule has 0 atom stereocenters. The molecule has 1 fully saturated rings. The Morgan fingerprint density at radius 3 is 1.92 bits per heavy atom. The third kappa shape index (κ3) is 3.82. The van der Waals surface area contributed by atoms with Crippen LogP contribution in [0.15, 0.2) is 17.0 Å². The monoisotopic (exact) mass is 374 g/mol. The largest absolute Gasteiger partial charge is 0.243 e. The second kappa shape index (κ2) is 7.11. The van der Waals surface area contributed by atoms with Gasteiger partial charge in [0.15, 0.2) is 0 Å². The second-order valence-electron chi connectivity index (χ2n) is 6.29. The molecule has 0 spiro atoms. The Labute approximate surface area is 145 Å². The van der Waals surface area contributed by atoms with Gasteiger partial charge in [0.2, 0.25) is 20.0 Å². The van der Waals surface area contributed by atoms with E-state index in [9.17, 15) is 16.8 Å². The molecule has 1 aliphatic rings. The highest BCUT2D eigenvalue weighted by Gasteiger charge is 2.31. The first-order valence-corrected chi connectivity index (χ1v) is 11.2. The number of hydrogen-bond acceptors (Lipinski definition) is 4. The van der Waals surface area contributed by atoms with Crippen LogP contribution in [0.25, 0.3) is 0 Å². The Bertz CT molecular complexity index is 793. The molecule has 0 amide bonds. The standard InChI is InChI=1S/C16H26N2O4S2/c1-5-23(19,20)17-7-6-8-18(10-9-17)24(21,22)16-14(3)11-13(2)12-15(16)4/h11-12H,5-10H2,1-4H3. The van der Waals surface area contributed by atoms with E-state index in [1.54, 1.807) is 20.8 Å². The summed E-state index contributed by atoms with van der Waals surface area (Å²) in [5, 5.41) is 0. The summed E-state index contributed by atoms with van der Waals surface area (Å²) in [6, 6.07) is 3.73. The summed E-state index contributed by atoms with van der Waals surface area (Å²) in [5.41, 5.74) is 2.49. The summed E-state index contributed by atoms with van der Waals surface area (Å²) in [6.07, 6.45) is 0.502. The first kappa shape index (κ1) is 19.4. The zero-order valence-corrected chi connectivity index (χ0v) is 16.4. The first-order chi connectivity index (χ1) is 11.1. The van der Waals surface area contributed by atoms with E-state index in [0.29, 0.717) is 24.4 Å². The van der Waals surface area contributed by atoms with Crippen molar-refractivity contribution in [3.63, 3.8) is 0 Å². The van der Waals surface area contributed by atoms with E-state index in [1.807, 2.05) is 19.1 Å². The normalized spacial score (nSPS) is 18.5. The van der Waals surface area contributed by atoms with E-state index in [2.05, 4.69) is 0 Å². The Balaban J connectivity index is 2.32. The van der Waals surface area contributed by atoms with E-state index >= 15 is 0 Å². The molecule has 0 unspecified atom stereocenters. The van der Waals surface area contributed by atoms with Crippen molar-refractivity contribution in [3.05, 3.63) is 28.8 Å². The zero-order chi connectivity index (χ0) is 18.1. The summed E-state index contributed by atoms with van der Waals surface area (Å²) in [5.74, 6) is 0.0376. The fourth-order valence-corrected chi connectivity index (χ4v) is 6.29. The first-order valence-electron chi connectivity index (χ1n) is 8.15. The van der Waals surface area contributed by atoms with Crippen LogP contribution >= 0.6 is 0 Å². The van der Waals surface area contributed by atoms with Crippen molar-refractivity contribution in [3.8, 4) is 0 Å². The summed E-state index contributed by atoms with van der Waals surface area (Å²) in [4.78, 5) is 0.347. The molecule has 1 aromatic carbocycles. The number of benzene rings is 1. The van der Waals surface area contributed by atoms with Crippen molar-refractivity contribution in [2.24, 2.45) is 0 Å². The van der Waals surface area contributed by atoms with Gasteiger partial charge in [-0.05, 0) is 45.2 Å². The van der Waals surface area contributed by atoms with E-state index in [-0.39, 0.29) is 18.8 Å². The maximum Gasteiger partial charge on any atom is 0.243 e. The lowest BCUT2D eigenvalue weighted by atomic mass is 10.1. The van der Waals surface area contributed by atoms with Gasteiger partial charge in [0.25, 0.3) is 0 Å². The van der Waals surface area contributed by atoms with Crippen LogP contribution in [0, 0.1) is 20.8 Å². The van der Waals surface area contributed by atoms with Gasteiger partial charge in [-0.25, -0.2) is 21.1 Å². The highest BCUT2D eigenvalue weighted by molar-refractivity contribution is 7.89. The van der Waals surface area contributed by atoms with Gasteiger partial charge in [0.05, 0.1) is 10.6 Å². The quantitative estimate of drug-likeness (QED) is 0.803. The third-order valence-corrected chi connectivity index (χ3v) is 8.46. The average molecular weight is 375 g/mol. The Morgan fingerprint density at radius 2 is 1.38 bits per heavy atom. The van der Waals surface area contributed by atoms with Gasteiger partial charge in [-0.2, -0.15) is 4.31 Å². The Hall–Kier alpha value is -0.960. The zero-order valence-electron chi connectivity index (χ0n) is 14.7. The summed E-state index contributed by atoms with van der Waals surface area (Å²) < 4.78 is 53.0. The minimum atomic E-state index is -3.63. The second-order valence-corrected chi connectivity index (χ2v) is 10.4. The van der Waals surface area contributed by atoms with E-state index in [4.69, 9.17) is 0 Å². The van der Waals surface area contributed by atoms with Crippen LogP contribution in [0.5, 0.6) is 0 Å². The average Bonchev–Trinajstić information content (AvgIpc) is 2.72. The molecule has 0 radical (unpaired) electrons. The van der Waals surface area contributed by atoms with Crippen molar-refractivity contribution in [2.45, 2.75) is 39.0 Å². The molecule has 2 rings (SSSR count). The minimum Gasteiger partial charge on any atom is -0.212 e. The van der Waals surface area contributed by atoms with Gasteiger partial charge in [-0.3, -0.25) is 0 Å². The van der Waals surface area contributed by atoms with Gasteiger partial charge in [-0.15, -0.1) is 0 Å². The molecule has 8 heteroatoms. The predicted molar refractivity (Wildman–Crippen MR) is 95.1 cm³/mol. The summed E-state index contributed by atoms with van der Waals surface area (Å²) in [6.45, 7) is 8.26. The molecule has 0 aromatic heterocycles. The van der Waals surface area contributed by atoms with Crippen LogP contribution in [0.3, 0.4) is 0 Å². The van der Waals surface area contributed by atoms with E-state index in [1.165, 1.54) is 8.61 Å². The van der Waals surface area contributed by atoms with Crippen LogP contribution in [-0.4, -0.2) is 57.4 Å². The molecule has 1 aliphatic heterocycles. The van der Waals surface area contributed by atoms with Crippen LogP contribution < -0.4 is 0 Å². The van der Waals surface area contributed by atoms with Crippen molar-refractivity contribution in [1.29, 1.82) is 0 Å². The summed E-state index contributed by atoms with van der Waals surface area (Å²) in [7, 11) is -6.92. The number of nitrogens with zero attached hydrogens (tertiary/aromatic N) is 2. The van der Waals surface area contributed by atoms with Crippen molar-refractivity contribution in [1.82, 2.24) is 8.61 Å². The van der Waals surface area contributed by atoms with Crippen molar-refractivity contribution >= 4 is 20.0 Å². The molecule has 0 saturated carbocycles. The lowest BCUT2D eigenvalue weighted by Gasteiger charge is -2.23. The number of rotatable bonds is 4. The predicted octanol–water partition coefficient (Wildman–Crippen LogP) is 1.66. The highest BCUT2D eigenvalue weighted by atomic mass is 32.2. The molecule has 6 nitrogen and oxygen atoms in total. The molecular formula is C16H26N2O4S2. The molecule has 1 heterocycles. The molecule has 0 bridgehead atoms. The van der Waals surface area contributed by atoms with Crippen molar-refractivity contribution in [2.75, 3.05) is 31.9 Å². The van der Waals surface area contributed by atoms with Crippen LogP contribution in [0.2, 0.25) is 0 Å². The molecule has 1 saturated heterocycles. The molecule has 0 N–H and O–H groups in total. The number of aryl methyl sites for hydroxylation is 3. The Kier molecular flexibility index (Phi) is 5.74. The lowest BCUT2D eigenvalue weighted by molar-refractivity contribution is 0.404. The lowest BCUT2D eigenvalue weighted by Crippen LogP contribution is -2.38. The fourth-order valence-electron chi connectivity index (χ4n) is 3.27. The maximum absolute atomic E-state index is 13.1. The van der Waals surface area contributed by atoms with Crippen molar-refractivity contribution < 1.29 is 16.8 Å². The fraction of sp³-hybridized carbons (Fsp3) is 0.625. The van der Waals surface area contributed by atoms with Gasteiger partial charge in [0.1, 0.15) is 0 Å². The smallest absolute Gasteiger partial charge is 0.212 e. The van der Waals surface area contributed by atoms with E-state index < -0.39 is 20.0 Å². The van der Waals surface area contributed by atoms with Gasteiger partial charge >= 0.3 is 0 Å². The molecule has 24 heavy (non-hydrogen) atoms. The van der Waals surface area contributed by atoms with Gasteiger partial charge in [0, 0.05) is 26.2 Å². The SMILES string of the molecule is CCS(=O)(=O)N1CCCN(S(=O)(=O)c2c(C)cc(C)cc2C)CC1. The van der Waals surface area contributed by atoms with Gasteiger partial charge in [-0.1, -0.05) is 17.7 Å². The van der Waals surface area contributed by atoms with Gasteiger partial charge < -0.3 is 0 Å². The number of hydrogen-bond donors (Lipinski definition) is 0. The topological polar surface area (TPSA) is 74.8 Å². The minimum absolute atomic E-state index is 0.0376. The Morgan fingerprint density at radius 1 is 0.875 bits per heavy atom. The molecule has 1 aromatic rings. The van der Waals surface area contributed by atoms with Crippen LogP contribution in [0.1, 0.15) is 30.0 Å². The third-order valence-electron chi connectivity index (χ3n) is 4.37. The summed E-state index contributed by atoms with van der Waals surface area (Å²) >= 11 is 0. The maximum atomic E-state index is 13.1. The molecule has 136 valence electrons. The molecular weight excluding hydrogens is 348 g/mol. The highest BCUT2D eigenvalue weighted by Crippen LogP contribution is 2.26. The number of sulfonamides is 2. The van der Waals surface area contributed by atoms with Crippen LogP contribution in [-0.2, 0) is 20.0 Å². The molecule has 0 aliphatic carbocycles. The van der Waals surface area contributed by atoms with E-state index in [0.717, 1.165) is 16.7 Å².